The first-order valence-electron chi connectivity index (χ1n) is 35.2. The van der Waals surface area contributed by atoms with Gasteiger partial charge in [0, 0.05) is 12.8 Å². The molecule has 9 nitrogen and oxygen atoms in total. The van der Waals surface area contributed by atoms with E-state index in [1.165, 1.54) is 205 Å². The normalized spacial score (nSPS) is 14.0. The highest BCUT2D eigenvalue weighted by atomic mass is 31.2. The van der Waals surface area contributed by atoms with Gasteiger partial charge in [0.25, 0.3) is 7.82 Å². The summed E-state index contributed by atoms with van der Waals surface area (Å²) in [7, 11) is 1.19. The van der Waals surface area contributed by atoms with Crippen LogP contribution in [0.25, 0.3) is 0 Å². The summed E-state index contributed by atoms with van der Waals surface area (Å²) in [6.45, 7) is 6.77. The molecule has 0 spiro atoms. The molecule has 0 heterocycles. The molecular weight excluding hydrogens is 1050 g/mol. The quantitative estimate of drug-likeness (QED) is 0.0212. The average molecular weight is 1180 g/mol. The van der Waals surface area contributed by atoms with Crippen LogP contribution >= 0.6 is 7.82 Å². The number of nitrogens with one attached hydrogen (secondary N) is 1. The third-order valence-corrected chi connectivity index (χ3v) is 16.6. The van der Waals surface area contributed by atoms with Crippen molar-refractivity contribution in [3.8, 4) is 0 Å². The number of hydrogen-bond acceptors (Lipinski definition) is 7. The van der Waals surface area contributed by atoms with Crippen LogP contribution in [-0.4, -0.2) is 69.4 Å². The van der Waals surface area contributed by atoms with Crippen molar-refractivity contribution in [3.63, 3.8) is 0 Å². The lowest BCUT2D eigenvalue weighted by molar-refractivity contribution is -0.870. The molecule has 3 atom stereocenters. The van der Waals surface area contributed by atoms with Crippen molar-refractivity contribution in [3.05, 3.63) is 72.9 Å². The van der Waals surface area contributed by atoms with Crippen molar-refractivity contribution in [2.24, 2.45) is 0 Å². The Hall–Kier alpha value is -2.55. The van der Waals surface area contributed by atoms with E-state index in [-0.39, 0.29) is 31.5 Å². The highest BCUT2D eigenvalue weighted by Crippen LogP contribution is 2.38. The zero-order valence-electron chi connectivity index (χ0n) is 55.4. The number of likely N-dealkylation sites (N-methyl/N-ethyl adjacent to an activating group) is 1. The van der Waals surface area contributed by atoms with Gasteiger partial charge in [0.1, 0.15) is 19.3 Å². The van der Waals surface area contributed by atoms with E-state index in [1.807, 2.05) is 33.3 Å². The molecule has 0 saturated heterocycles. The van der Waals surface area contributed by atoms with E-state index in [9.17, 15) is 19.0 Å². The lowest BCUT2D eigenvalue weighted by atomic mass is 10.0. The van der Waals surface area contributed by atoms with Crippen LogP contribution < -0.4 is 10.2 Å². The second-order valence-electron chi connectivity index (χ2n) is 25.0. The summed E-state index contributed by atoms with van der Waals surface area (Å²) in [4.78, 5) is 40.2. The standard InChI is InChI=1S/C73H135N2O7P/c1-7-10-13-16-19-22-25-28-30-32-33-34-35-36-37-38-39-40-41-43-45-48-51-54-57-60-63-66-73(77)82-71(64-61-58-55-52-49-46-27-24-21-18-15-12-9-3)70(69-81-83(78,79)80-68-67-75(4,5)6)74-72(76)65-62-59-56-53-50-47-44-42-31-29-26-23-20-17-14-11-8-2/h10,13,19,22,28,30,33-34,36-37,61,64,70-71H,7-9,11-12,14-18,20-21,23-27,29,31-32,35,38-60,62-63,65-69H2,1-6H3,(H-,74,76,78,79)/b13-10-,22-19-,30-28-,34-33-,37-36-,64-61+. The number of rotatable bonds is 64. The Kier molecular flexibility index (Phi) is 60.6. The molecule has 0 aromatic carbocycles. The number of carbonyl (C=O) groups excluding carboxylic acids is 2. The highest BCUT2D eigenvalue weighted by Gasteiger charge is 2.27. The SMILES string of the molecule is CC/C=C\C/C=C\C/C=C\C/C=C\C/C=C\CCCCCCCCCCCCCC(=O)OC(/C=C/CCCCCCCCCCCCC)C(COP(=O)([O-])OCC[N+](C)(C)C)NC(=O)CCCCCCCCCCCCCCCCCCC. The predicted molar refractivity (Wildman–Crippen MR) is 358 cm³/mol. The van der Waals surface area contributed by atoms with Crippen molar-refractivity contribution in [2.75, 3.05) is 40.9 Å². The molecule has 0 radical (unpaired) electrons. The van der Waals surface area contributed by atoms with Gasteiger partial charge in [-0.25, -0.2) is 0 Å². The number of phosphoric acid groups is 1. The van der Waals surface area contributed by atoms with Crippen LogP contribution in [0.15, 0.2) is 72.9 Å². The van der Waals surface area contributed by atoms with Crippen molar-refractivity contribution < 1.29 is 37.3 Å². The minimum atomic E-state index is -4.70. The lowest BCUT2D eigenvalue weighted by Gasteiger charge is -2.30. The monoisotopic (exact) mass is 1180 g/mol. The molecule has 0 rings (SSSR count). The summed E-state index contributed by atoms with van der Waals surface area (Å²) < 4.78 is 30.5. The molecular formula is C73H135N2O7P. The van der Waals surface area contributed by atoms with Gasteiger partial charge in [0.15, 0.2) is 0 Å². The summed E-state index contributed by atoms with van der Waals surface area (Å²) in [5.74, 6) is -0.532. The largest absolute Gasteiger partial charge is 0.756 e. The van der Waals surface area contributed by atoms with Gasteiger partial charge in [0.2, 0.25) is 5.91 Å². The molecule has 1 amide bonds. The number of phosphoric ester groups is 1. The number of unbranched alkanes of at least 4 members (excludes halogenated alkanes) is 38. The molecule has 83 heavy (non-hydrogen) atoms. The Morgan fingerprint density at radius 2 is 0.771 bits per heavy atom. The number of quaternary nitrogens is 1. The molecule has 0 aliphatic rings. The fourth-order valence-corrected chi connectivity index (χ4v) is 11.0. The second-order valence-corrected chi connectivity index (χ2v) is 26.4. The van der Waals surface area contributed by atoms with Gasteiger partial charge < -0.3 is 28.5 Å². The van der Waals surface area contributed by atoms with Gasteiger partial charge in [-0.3, -0.25) is 14.2 Å². The third-order valence-electron chi connectivity index (χ3n) is 15.7. The number of carbonyl (C=O) groups is 2. The van der Waals surface area contributed by atoms with Gasteiger partial charge in [0.05, 0.1) is 33.8 Å². The molecule has 0 fully saturated rings. The second kappa shape index (κ2) is 62.5. The van der Waals surface area contributed by atoms with Crippen molar-refractivity contribution >= 4 is 19.7 Å². The molecule has 3 unspecified atom stereocenters. The third kappa shape index (κ3) is 63.8. The van der Waals surface area contributed by atoms with Gasteiger partial charge in [-0.05, 0) is 76.7 Å². The molecule has 1 N–H and O–H groups in total. The molecule has 0 aliphatic heterocycles. The molecule has 0 aromatic heterocycles. The van der Waals surface area contributed by atoms with E-state index >= 15 is 0 Å². The van der Waals surface area contributed by atoms with Crippen molar-refractivity contribution in [2.45, 2.75) is 341 Å². The lowest BCUT2D eigenvalue weighted by Crippen LogP contribution is -2.47. The summed E-state index contributed by atoms with van der Waals surface area (Å²) in [5, 5.41) is 3.05. The van der Waals surface area contributed by atoms with E-state index in [0.29, 0.717) is 17.4 Å². The number of allylic oxidation sites excluding steroid dienone is 11. The number of amides is 1. The van der Waals surface area contributed by atoms with Gasteiger partial charge >= 0.3 is 5.97 Å². The first-order chi connectivity index (χ1) is 40.4. The Balaban J connectivity index is 5.07. The van der Waals surface area contributed by atoms with Gasteiger partial charge in [-0.15, -0.1) is 0 Å². The van der Waals surface area contributed by atoms with Gasteiger partial charge in [-0.2, -0.15) is 0 Å². The summed E-state index contributed by atoms with van der Waals surface area (Å²) in [6.07, 6.45) is 81.6. The molecule has 0 aliphatic carbocycles. The van der Waals surface area contributed by atoms with E-state index in [0.717, 1.165) is 89.9 Å². The maximum Gasteiger partial charge on any atom is 0.306 e. The first kappa shape index (κ1) is 80.5. The zero-order valence-corrected chi connectivity index (χ0v) is 56.3. The minimum absolute atomic E-state index is 0.0225. The topological polar surface area (TPSA) is 114 Å². The van der Waals surface area contributed by atoms with E-state index < -0.39 is 20.0 Å². The molecule has 10 heteroatoms. The summed E-state index contributed by atoms with van der Waals surface area (Å²) in [6, 6.07) is -0.890. The fraction of sp³-hybridized carbons (Fsp3) is 0.808. The maximum atomic E-state index is 13.6. The van der Waals surface area contributed by atoms with Crippen LogP contribution in [0.3, 0.4) is 0 Å². The zero-order chi connectivity index (χ0) is 60.7. The van der Waals surface area contributed by atoms with Gasteiger partial charge in [-0.1, -0.05) is 312 Å². The summed E-state index contributed by atoms with van der Waals surface area (Å²) in [5.41, 5.74) is 0. The summed E-state index contributed by atoms with van der Waals surface area (Å²) >= 11 is 0. The Labute approximate surface area is 514 Å². The first-order valence-corrected chi connectivity index (χ1v) is 36.7. The number of esters is 1. The average Bonchev–Trinajstić information content (AvgIpc) is 3.47. The number of ether oxygens (including phenoxy) is 1. The van der Waals surface area contributed by atoms with Crippen LogP contribution in [-0.2, 0) is 27.9 Å². The Morgan fingerprint density at radius 3 is 1.16 bits per heavy atom. The van der Waals surface area contributed by atoms with Crippen molar-refractivity contribution in [1.82, 2.24) is 5.32 Å². The number of nitrogens with zero attached hydrogens (tertiary/aromatic N) is 1. The minimum Gasteiger partial charge on any atom is -0.756 e. The van der Waals surface area contributed by atoms with Crippen LogP contribution in [0, 0.1) is 0 Å². The van der Waals surface area contributed by atoms with Crippen LogP contribution in [0.5, 0.6) is 0 Å². The molecule has 0 bridgehead atoms. The molecule has 0 aromatic rings. The van der Waals surface area contributed by atoms with E-state index in [1.54, 1.807) is 0 Å². The predicted octanol–water partition coefficient (Wildman–Crippen LogP) is 21.7. The maximum absolute atomic E-state index is 13.6. The van der Waals surface area contributed by atoms with Crippen LogP contribution in [0.1, 0.15) is 329 Å². The highest BCUT2D eigenvalue weighted by molar-refractivity contribution is 7.45. The van der Waals surface area contributed by atoms with E-state index in [2.05, 4.69) is 86.8 Å². The van der Waals surface area contributed by atoms with Crippen LogP contribution in [0.4, 0.5) is 0 Å². The van der Waals surface area contributed by atoms with Crippen molar-refractivity contribution in [1.29, 1.82) is 0 Å². The van der Waals surface area contributed by atoms with E-state index in [4.69, 9.17) is 13.8 Å². The Bertz CT molecular complexity index is 1650. The molecule has 0 saturated carbocycles. The number of hydrogen-bond donors (Lipinski definition) is 1. The fourth-order valence-electron chi connectivity index (χ4n) is 10.3. The molecule has 484 valence electrons. The smallest absolute Gasteiger partial charge is 0.306 e. The van der Waals surface area contributed by atoms with Crippen LogP contribution in [0.2, 0.25) is 0 Å². The Morgan fingerprint density at radius 1 is 0.434 bits per heavy atom.